The molecular weight excluding hydrogens is 1780 g/mol. The summed E-state index contributed by atoms with van der Waals surface area (Å²) >= 11 is 7.79. The van der Waals surface area contributed by atoms with E-state index >= 15 is 0 Å². The molecular formula is C108H122O18S6. The van der Waals surface area contributed by atoms with E-state index in [9.17, 15) is 28.8 Å². The number of ether oxygens (including phenoxy) is 12. The molecule has 0 N–H and O–H groups in total. The molecule has 18 nitrogen and oxygen atoms in total. The first-order valence-electron chi connectivity index (χ1n) is 46.2. The fourth-order valence-electron chi connectivity index (χ4n) is 13.5. The molecule has 24 heteroatoms. The van der Waals surface area contributed by atoms with Gasteiger partial charge in [0, 0.05) is 65.5 Å². The highest BCUT2D eigenvalue weighted by molar-refractivity contribution is 8.03. The Morgan fingerprint density at radius 2 is 0.409 bits per heavy atom. The van der Waals surface area contributed by atoms with Crippen LogP contribution in [-0.2, 0) is 28.8 Å². The minimum Gasteiger partial charge on any atom is -0.494 e. The van der Waals surface area contributed by atoms with Crippen LogP contribution in [0.15, 0.2) is 269 Å². The van der Waals surface area contributed by atoms with Crippen molar-refractivity contribution < 1.29 is 85.6 Å². The smallest absolute Gasteiger partial charge is 0.336 e. The minimum absolute atomic E-state index is 0.101. The van der Waals surface area contributed by atoms with Crippen LogP contribution in [0.2, 0.25) is 0 Å². The molecule has 0 spiro atoms. The average Bonchev–Trinajstić information content (AvgIpc) is 0.722. The van der Waals surface area contributed by atoms with Gasteiger partial charge in [-0.25, -0.2) is 24.0 Å². The van der Waals surface area contributed by atoms with Crippen molar-refractivity contribution in [1.29, 1.82) is 0 Å². The van der Waals surface area contributed by atoms with Crippen molar-refractivity contribution in [3.63, 3.8) is 0 Å². The Bertz CT molecular complexity index is 5280. The van der Waals surface area contributed by atoms with Gasteiger partial charge in [0.15, 0.2) is 34.5 Å². The maximum Gasteiger partial charge on any atom is 0.336 e. The molecule has 0 aliphatic heterocycles. The van der Waals surface area contributed by atoms with Crippen molar-refractivity contribution in [2.24, 2.45) is 0 Å². The molecule has 132 heavy (non-hydrogen) atoms. The zero-order chi connectivity index (χ0) is 93.0. The summed E-state index contributed by atoms with van der Waals surface area (Å²) in [4.78, 5) is 92.2. The zero-order valence-corrected chi connectivity index (χ0v) is 81.4. The summed E-state index contributed by atoms with van der Waals surface area (Å²) in [6.07, 6.45) is 31.9. The highest BCUT2D eigenvalue weighted by Gasteiger charge is 2.25. The molecule has 0 saturated heterocycles. The Hall–Kier alpha value is -10.6. The molecule has 10 rings (SSSR count). The van der Waals surface area contributed by atoms with Gasteiger partial charge in [0.25, 0.3) is 0 Å². The SMILES string of the molecule is CCCCCCOc1ccc(SC=CC(=O)Oc2cc3c4cc(OC(=O)C=CSc5ccc(OCCCCCC)cc5)c(OC(=O)C=CSc5ccc(OCCCCCC)cc5)cc4c4cc(OC(=O)CCSc5ccc(OCCCCCC)cc5)c(OC(=O)C=CSc5ccc(OCCCCCC)cc5)cc4c3cc2OC(=O)C=CSc2ccc(OCCCCCC)cc2)cc1. The van der Waals surface area contributed by atoms with Crippen molar-refractivity contribution in [3.05, 3.63) is 239 Å². The van der Waals surface area contributed by atoms with E-state index in [0.717, 1.165) is 218 Å². The van der Waals surface area contributed by atoms with Crippen LogP contribution < -0.4 is 56.8 Å². The molecule has 0 aliphatic rings. The standard InChI is InChI=1S/C108H122O18S6/c1-7-13-19-25-61-115-79-31-43-85(44-32-79)127-67-55-103(109)121-97-73-91-92(74-98(97)122-104(110)56-68-128-86-45-33-80(34-46-86)116-62-26-20-14-8-2)94-76-100(124-106(112)58-70-130-88-49-37-82(38-50-88)118-64-28-22-16-10-4)102(126-108(114)60-72-132-90-53-41-84(42-54-90)120-66-30-24-18-12-6)78-96(94)95-77-101(125-107(113)59-71-131-89-51-39-83(40-52-89)119-65-29-23-17-11-5)99(75-93(91)95)123-105(111)57-69-129-87-47-35-81(36-48-87)117-63-27-21-15-9-3/h31-59,67-71,73-78H,7-30,60-66,72H2,1-6H3. The molecule has 0 heterocycles. The van der Waals surface area contributed by atoms with Crippen molar-refractivity contribution in [2.45, 2.75) is 231 Å². The van der Waals surface area contributed by atoms with Crippen LogP contribution in [-0.4, -0.2) is 81.2 Å². The lowest BCUT2D eigenvalue weighted by Crippen LogP contribution is -2.12. The van der Waals surface area contributed by atoms with Crippen molar-refractivity contribution in [2.75, 3.05) is 45.4 Å². The minimum atomic E-state index is -0.850. The van der Waals surface area contributed by atoms with E-state index in [2.05, 4.69) is 41.5 Å². The first-order valence-corrected chi connectivity index (χ1v) is 51.6. The second-order valence-corrected chi connectivity index (χ2v) is 37.2. The van der Waals surface area contributed by atoms with Crippen molar-refractivity contribution in [3.8, 4) is 69.0 Å². The number of hydrogen-bond donors (Lipinski definition) is 0. The van der Waals surface area contributed by atoms with E-state index in [1.165, 1.54) is 137 Å². The second kappa shape index (κ2) is 59.8. The highest BCUT2D eigenvalue weighted by Crippen LogP contribution is 2.48. The lowest BCUT2D eigenvalue weighted by molar-refractivity contribution is -0.135. The van der Waals surface area contributed by atoms with Gasteiger partial charge in [-0.3, -0.25) is 4.79 Å². The Morgan fingerprint density at radius 1 is 0.227 bits per heavy atom. The van der Waals surface area contributed by atoms with Crippen LogP contribution >= 0.6 is 70.6 Å². The van der Waals surface area contributed by atoms with E-state index in [0.29, 0.717) is 77.7 Å². The summed E-state index contributed by atoms with van der Waals surface area (Å²) in [6, 6.07) is 54.5. The molecule has 0 amide bonds. The number of benzene rings is 10. The third-order valence-electron chi connectivity index (χ3n) is 20.6. The third-order valence-corrected chi connectivity index (χ3v) is 25.7. The van der Waals surface area contributed by atoms with Gasteiger partial charge in [0.2, 0.25) is 0 Å². The number of thioether (sulfide) groups is 6. The molecule has 0 unspecified atom stereocenters. The van der Waals surface area contributed by atoms with Crippen LogP contribution in [0, 0.1) is 0 Å². The largest absolute Gasteiger partial charge is 0.494 e. The predicted molar refractivity (Wildman–Crippen MR) is 540 cm³/mol. The van der Waals surface area contributed by atoms with Crippen molar-refractivity contribution in [1.82, 2.24) is 0 Å². The normalized spacial score (nSPS) is 11.5. The fourth-order valence-corrected chi connectivity index (χ4v) is 17.5. The molecule has 0 bridgehead atoms. The summed E-state index contributed by atoms with van der Waals surface area (Å²) in [5.41, 5.74) is 0. The first-order chi connectivity index (χ1) is 64.7. The molecule has 0 aromatic heterocycles. The molecule has 0 aliphatic carbocycles. The lowest BCUT2D eigenvalue weighted by Gasteiger charge is -2.18. The van der Waals surface area contributed by atoms with Gasteiger partial charge >= 0.3 is 35.8 Å². The van der Waals surface area contributed by atoms with Crippen LogP contribution in [0.4, 0.5) is 0 Å². The number of carbonyl (C=O) groups excluding carboxylic acids is 6. The summed E-state index contributed by atoms with van der Waals surface area (Å²) < 4.78 is 73.8. The maximum absolute atomic E-state index is 14.6. The van der Waals surface area contributed by atoms with Gasteiger partial charge in [-0.2, -0.15) is 0 Å². The Kier molecular flexibility index (Phi) is 46.9. The van der Waals surface area contributed by atoms with Gasteiger partial charge < -0.3 is 56.8 Å². The topological polar surface area (TPSA) is 213 Å². The Morgan fingerprint density at radius 3 is 0.598 bits per heavy atom. The summed E-state index contributed by atoms with van der Waals surface area (Å²) in [5, 5.41) is 9.68. The number of rotatable bonds is 61. The van der Waals surface area contributed by atoms with Crippen LogP contribution in [0.25, 0.3) is 32.3 Å². The molecule has 0 saturated carbocycles. The van der Waals surface area contributed by atoms with Crippen LogP contribution in [0.1, 0.15) is 202 Å². The maximum atomic E-state index is 14.6. The lowest BCUT2D eigenvalue weighted by atomic mass is 9.93. The monoisotopic (exact) mass is 1900 g/mol. The summed E-state index contributed by atoms with van der Waals surface area (Å²) in [6.45, 7) is 16.6. The number of carbonyl (C=O) groups is 6. The van der Waals surface area contributed by atoms with E-state index in [1.54, 1.807) is 27.0 Å². The summed E-state index contributed by atoms with van der Waals surface area (Å²) in [7, 11) is 0. The second-order valence-electron chi connectivity index (χ2n) is 31.1. The molecule has 698 valence electrons. The van der Waals surface area contributed by atoms with E-state index < -0.39 is 35.8 Å². The van der Waals surface area contributed by atoms with E-state index in [1.807, 2.05) is 146 Å². The number of fused-ring (bicyclic) bond motifs is 6. The van der Waals surface area contributed by atoms with Gasteiger partial charge in [-0.05, 0) is 280 Å². The number of unbranched alkanes of at least 4 members (excludes halogenated alkanes) is 18. The highest BCUT2D eigenvalue weighted by atomic mass is 32.2. The Labute approximate surface area is 803 Å². The average molecular weight is 1900 g/mol. The van der Waals surface area contributed by atoms with Gasteiger partial charge in [0.1, 0.15) is 34.5 Å². The first kappa shape index (κ1) is 103. The molecule has 10 aromatic rings. The van der Waals surface area contributed by atoms with Gasteiger partial charge in [-0.1, -0.05) is 216 Å². The van der Waals surface area contributed by atoms with Crippen LogP contribution in [0.5, 0.6) is 69.0 Å². The van der Waals surface area contributed by atoms with E-state index in [4.69, 9.17) is 56.8 Å². The molecule has 0 atom stereocenters. The van der Waals surface area contributed by atoms with Crippen molar-refractivity contribution >= 4 is 139 Å². The molecule has 0 radical (unpaired) electrons. The third kappa shape index (κ3) is 37.5. The van der Waals surface area contributed by atoms with E-state index in [-0.39, 0.29) is 40.9 Å². The molecule has 0 fully saturated rings. The predicted octanol–water partition coefficient (Wildman–Crippen LogP) is 30.0. The summed E-state index contributed by atoms with van der Waals surface area (Å²) in [5.74, 6) is -1.50. The molecule has 10 aromatic carbocycles. The fraction of sp³-hybridized carbons (Fsp3) is 0.352. The zero-order valence-electron chi connectivity index (χ0n) is 76.5. The number of hydrogen-bond acceptors (Lipinski definition) is 24. The van der Waals surface area contributed by atoms with Gasteiger partial charge in [0.05, 0.1) is 46.1 Å². The van der Waals surface area contributed by atoms with Gasteiger partial charge in [-0.15, -0.1) is 11.8 Å². The Balaban J connectivity index is 1.08. The quantitative estimate of drug-likeness (QED) is 0.00865. The number of esters is 6. The van der Waals surface area contributed by atoms with Crippen LogP contribution in [0.3, 0.4) is 0 Å².